The van der Waals surface area contributed by atoms with E-state index >= 15 is 0 Å². The Labute approximate surface area is 102 Å². The molecule has 17 heavy (non-hydrogen) atoms. The van der Waals surface area contributed by atoms with E-state index in [1.54, 1.807) is 6.92 Å². The van der Waals surface area contributed by atoms with Crippen LogP contribution in [0.15, 0.2) is 23.3 Å². The zero-order valence-corrected chi connectivity index (χ0v) is 10.9. The largest absolute Gasteiger partial charge is 0.479 e. The van der Waals surface area contributed by atoms with Crippen molar-refractivity contribution in [2.24, 2.45) is 0 Å². The molecule has 4 heteroatoms. The summed E-state index contributed by atoms with van der Waals surface area (Å²) in [6, 6.07) is 0. The molecule has 3 N–H and O–H groups in total. The Morgan fingerprint density at radius 1 is 1.35 bits per heavy atom. The number of rotatable bonds is 6. The number of aliphatic hydroxyl groups is 2. The molecule has 0 rings (SSSR count). The third-order valence-corrected chi connectivity index (χ3v) is 2.54. The number of aliphatic carboxylic acids is 1. The Hall–Kier alpha value is -1.13. The van der Waals surface area contributed by atoms with Crippen LogP contribution in [0, 0.1) is 0 Å². The van der Waals surface area contributed by atoms with Gasteiger partial charge in [-0.1, -0.05) is 23.3 Å². The molecule has 0 aromatic rings. The van der Waals surface area contributed by atoms with Crippen LogP contribution in [0.1, 0.15) is 40.5 Å². The normalized spacial score (nSPS) is 17.2. The van der Waals surface area contributed by atoms with Crippen molar-refractivity contribution in [3.8, 4) is 0 Å². The minimum absolute atomic E-state index is 0.734. The predicted molar refractivity (Wildman–Crippen MR) is 66.7 cm³/mol. The van der Waals surface area contributed by atoms with E-state index in [-0.39, 0.29) is 0 Å². The van der Waals surface area contributed by atoms with Crippen molar-refractivity contribution in [3.05, 3.63) is 23.3 Å². The molecule has 4 nitrogen and oxygen atoms in total. The maximum atomic E-state index is 10.7. The molecule has 0 aliphatic heterocycles. The first-order valence-electron chi connectivity index (χ1n) is 5.62. The van der Waals surface area contributed by atoms with Gasteiger partial charge in [0.2, 0.25) is 0 Å². The topological polar surface area (TPSA) is 77.8 Å². The van der Waals surface area contributed by atoms with Gasteiger partial charge in [0.15, 0.2) is 5.60 Å². The molecule has 2 unspecified atom stereocenters. The maximum Gasteiger partial charge on any atom is 0.338 e. The zero-order chi connectivity index (χ0) is 13.6. The average Bonchev–Trinajstić information content (AvgIpc) is 2.16. The highest BCUT2D eigenvalue weighted by Crippen LogP contribution is 2.15. The van der Waals surface area contributed by atoms with Crippen LogP contribution in [0.4, 0.5) is 0 Å². The van der Waals surface area contributed by atoms with Gasteiger partial charge in [0, 0.05) is 0 Å². The summed E-state index contributed by atoms with van der Waals surface area (Å²) >= 11 is 0. The molecule has 0 aromatic heterocycles. The van der Waals surface area contributed by atoms with E-state index in [1.165, 1.54) is 11.6 Å². The zero-order valence-electron chi connectivity index (χ0n) is 10.9. The molecule has 0 saturated carbocycles. The average molecular weight is 242 g/mol. The summed E-state index contributed by atoms with van der Waals surface area (Å²) in [7, 11) is 0. The predicted octanol–water partition coefficient (Wildman–Crippen LogP) is 1.88. The van der Waals surface area contributed by atoms with Gasteiger partial charge < -0.3 is 15.3 Å². The summed E-state index contributed by atoms with van der Waals surface area (Å²) in [6.45, 7) is 6.89. The van der Waals surface area contributed by atoms with E-state index < -0.39 is 17.7 Å². The second kappa shape index (κ2) is 6.57. The van der Waals surface area contributed by atoms with E-state index in [4.69, 9.17) is 5.11 Å². The Balaban J connectivity index is 4.48. The third-order valence-electron chi connectivity index (χ3n) is 2.54. The second-order valence-corrected chi connectivity index (χ2v) is 4.73. The van der Waals surface area contributed by atoms with Crippen molar-refractivity contribution in [3.63, 3.8) is 0 Å². The summed E-state index contributed by atoms with van der Waals surface area (Å²) in [6.07, 6.45) is 3.64. The van der Waals surface area contributed by atoms with Gasteiger partial charge in [-0.25, -0.2) is 4.79 Å². The Morgan fingerprint density at radius 3 is 2.29 bits per heavy atom. The third kappa shape index (κ3) is 5.65. The number of hydrogen-bond acceptors (Lipinski definition) is 3. The molecule has 98 valence electrons. The Morgan fingerprint density at radius 2 is 1.88 bits per heavy atom. The molecular formula is C13H22O4. The summed E-state index contributed by atoms with van der Waals surface area (Å²) in [5.41, 5.74) is -0.0648. The SMILES string of the molecule is CC(C)=CCC/C(C)=C/C(O)C(C)(O)C(=O)O. The summed E-state index contributed by atoms with van der Waals surface area (Å²) in [5.74, 6) is -1.43. The van der Waals surface area contributed by atoms with E-state index in [2.05, 4.69) is 6.08 Å². The molecule has 0 aliphatic rings. The van der Waals surface area contributed by atoms with Gasteiger partial charge >= 0.3 is 5.97 Å². The molecule has 0 amide bonds. The van der Waals surface area contributed by atoms with Gasteiger partial charge in [0.25, 0.3) is 0 Å². The molecule has 0 saturated heterocycles. The lowest BCUT2D eigenvalue weighted by Gasteiger charge is -2.22. The number of hydrogen-bond donors (Lipinski definition) is 3. The molecular weight excluding hydrogens is 220 g/mol. The fourth-order valence-electron chi connectivity index (χ4n) is 1.23. The van der Waals surface area contributed by atoms with Crippen LogP contribution < -0.4 is 0 Å². The summed E-state index contributed by atoms with van der Waals surface area (Å²) in [4.78, 5) is 10.7. The fraction of sp³-hybridized carbons (Fsp3) is 0.615. The highest BCUT2D eigenvalue weighted by molar-refractivity contribution is 5.77. The molecule has 0 spiro atoms. The van der Waals surface area contributed by atoms with Gasteiger partial charge in [-0.05, 0) is 40.5 Å². The lowest BCUT2D eigenvalue weighted by molar-refractivity contribution is -0.165. The molecule has 0 bridgehead atoms. The summed E-state index contributed by atoms with van der Waals surface area (Å²) < 4.78 is 0. The minimum Gasteiger partial charge on any atom is -0.479 e. The molecule has 0 heterocycles. The van der Waals surface area contributed by atoms with Gasteiger partial charge in [-0.15, -0.1) is 0 Å². The molecule has 0 aliphatic carbocycles. The van der Waals surface area contributed by atoms with Crippen LogP contribution in [0.5, 0.6) is 0 Å². The smallest absolute Gasteiger partial charge is 0.338 e. The van der Waals surface area contributed by atoms with Crippen LogP contribution in [0.3, 0.4) is 0 Å². The quantitative estimate of drug-likeness (QED) is 0.621. The Bertz CT molecular complexity index is 322. The lowest BCUT2D eigenvalue weighted by Crippen LogP contribution is -2.45. The van der Waals surface area contributed by atoms with Crippen LogP contribution in [0.25, 0.3) is 0 Å². The standard InChI is InChI=1S/C13H22O4/c1-9(2)6-5-7-10(3)8-11(14)13(4,17)12(15)16/h6,8,11,14,17H,5,7H2,1-4H3,(H,15,16)/b10-8+. The van der Waals surface area contributed by atoms with Crippen LogP contribution >= 0.6 is 0 Å². The van der Waals surface area contributed by atoms with Crippen LogP contribution in [-0.4, -0.2) is 33.0 Å². The lowest BCUT2D eigenvalue weighted by atomic mass is 9.96. The van der Waals surface area contributed by atoms with Gasteiger partial charge in [-0.3, -0.25) is 0 Å². The van der Waals surface area contributed by atoms with Crippen molar-refractivity contribution in [2.45, 2.75) is 52.2 Å². The molecule has 0 fully saturated rings. The fourth-order valence-corrected chi connectivity index (χ4v) is 1.23. The molecule has 2 atom stereocenters. The van der Waals surface area contributed by atoms with Gasteiger partial charge in [0.05, 0.1) is 0 Å². The first-order chi connectivity index (χ1) is 7.67. The van der Waals surface area contributed by atoms with Crippen LogP contribution in [0.2, 0.25) is 0 Å². The minimum atomic E-state index is -2.14. The number of aliphatic hydroxyl groups excluding tert-OH is 1. The van der Waals surface area contributed by atoms with Crippen molar-refractivity contribution < 1.29 is 20.1 Å². The number of carboxylic acid groups (broad SMARTS) is 1. The number of carboxylic acids is 1. The van der Waals surface area contributed by atoms with E-state index in [0.29, 0.717) is 0 Å². The van der Waals surface area contributed by atoms with Gasteiger partial charge in [-0.2, -0.15) is 0 Å². The van der Waals surface area contributed by atoms with Crippen molar-refractivity contribution in [1.29, 1.82) is 0 Å². The first-order valence-corrected chi connectivity index (χ1v) is 5.62. The van der Waals surface area contributed by atoms with Crippen molar-refractivity contribution in [1.82, 2.24) is 0 Å². The Kier molecular flexibility index (Phi) is 6.13. The van der Waals surface area contributed by atoms with Gasteiger partial charge in [0.1, 0.15) is 6.10 Å². The maximum absolute atomic E-state index is 10.7. The highest BCUT2D eigenvalue weighted by Gasteiger charge is 2.37. The second-order valence-electron chi connectivity index (χ2n) is 4.73. The van der Waals surface area contributed by atoms with E-state index in [0.717, 1.165) is 25.3 Å². The number of carbonyl (C=O) groups is 1. The van der Waals surface area contributed by atoms with Crippen molar-refractivity contribution in [2.75, 3.05) is 0 Å². The van der Waals surface area contributed by atoms with E-state index in [9.17, 15) is 15.0 Å². The first kappa shape index (κ1) is 15.9. The van der Waals surface area contributed by atoms with E-state index in [1.807, 2.05) is 13.8 Å². The number of allylic oxidation sites excluding steroid dienone is 3. The summed E-state index contributed by atoms with van der Waals surface area (Å²) in [5, 5.41) is 27.8. The van der Waals surface area contributed by atoms with Crippen LogP contribution in [-0.2, 0) is 4.79 Å². The monoisotopic (exact) mass is 242 g/mol. The molecule has 0 aromatic carbocycles. The van der Waals surface area contributed by atoms with Crippen molar-refractivity contribution >= 4 is 5.97 Å². The highest BCUT2D eigenvalue weighted by atomic mass is 16.4. The molecule has 0 radical (unpaired) electrons.